The summed E-state index contributed by atoms with van der Waals surface area (Å²) in [5.41, 5.74) is 0.0549. The molecule has 7 heteroatoms. The molecule has 1 aromatic rings. The highest BCUT2D eigenvalue weighted by Gasteiger charge is 2.15. The number of hydrogen-bond donors (Lipinski definition) is 2. The molecule has 2 N–H and O–H groups in total. The van der Waals surface area contributed by atoms with Crippen molar-refractivity contribution in [2.75, 3.05) is 40.0 Å². The van der Waals surface area contributed by atoms with Gasteiger partial charge in [-0.05, 0) is 31.7 Å². The lowest BCUT2D eigenvalue weighted by molar-refractivity contribution is 0.0420. The van der Waals surface area contributed by atoms with Gasteiger partial charge in [0.15, 0.2) is 5.96 Å². The van der Waals surface area contributed by atoms with E-state index in [0.717, 1.165) is 71.1 Å². The van der Waals surface area contributed by atoms with E-state index in [1.165, 1.54) is 0 Å². The van der Waals surface area contributed by atoms with Crippen LogP contribution in [0.15, 0.2) is 34.2 Å². The normalized spacial score (nSPS) is 17.6. The Labute approximate surface area is 149 Å². The Morgan fingerprint density at radius 2 is 2.16 bits per heavy atom. The molecule has 0 aromatic carbocycles. The van der Waals surface area contributed by atoms with E-state index < -0.39 is 0 Å². The summed E-state index contributed by atoms with van der Waals surface area (Å²) in [6.45, 7) is 4.69. The molecule has 0 radical (unpaired) electrons. The highest BCUT2D eigenvalue weighted by Crippen LogP contribution is 2.07. The van der Waals surface area contributed by atoms with Crippen molar-refractivity contribution in [3.05, 3.63) is 34.7 Å². The number of aliphatic imine (C=N–C) groups is 1. The van der Waals surface area contributed by atoms with Crippen LogP contribution in [-0.2, 0) is 16.0 Å². The van der Waals surface area contributed by atoms with Crippen molar-refractivity contribution < 1.29 is 9.47 Å². The molecule has 2 rings (SSSR count). The van der Waals surface area contributed by atoms with Crippen LogP contribution in [0, 0.1) is 0 Å². The summed E-state index contributed by atoms with van der Waals surface area (Å²) < 4.78 is 12.7. The summed E-state index contributed by atoms with van der Waals surface area (Å²) in [5, 5.41) is 6.58. The fourth-order valence-electron chi connectivity index (χ4n) is 2.65. The van der Waals surface area contributed by atoms with E-state index in [2.05, 4.69) is 15.6 Å². The molecule has 1 aromatic heterocycles. The van der Waals surface area contributed by atoms with Crippen molar-refractivity contribution in [2.24, 2.45) is 4.99 Å². The molecule has 1 aliphatic heterocycles. The zero-order valence-corrected chi connectivity index (χ0v) is 15.1. The summed E-state index contributed by atoms with van der Waals surface area (Å²) in [6.07, 6.45) is 5.98. The second-order valence-corrected chi connectivity index (χ2v) is 6.08. The van der Waals surface area contributed by atoms with Crippen molar-refractivity contribution in [1.82, 2.24) is 15.2 Å². The van der Waals surface area contributed by atoms with Gasteiger partial charge in [-0.15, -0.1) is 0 Å². The molecule has 0 saturated carbocycles. The standard InChI is InChI=1S/C18H30N4O3/c1-19-18(21-10-6-13-25-16-8-14-24-15-16)20-9-3-5-12-22-11-4-2-7-17(22)23/h2,4,7,11,16H,3,5-6,8-10,12-15H2,1H3,(H2,19,20,21). The van der Waals surface area contributed by atoms with Crippen LogP contribution in [0.2, 0.25) is 0 Å². The second kappa shape index (κ2) is 11.7. The molecule has 2 heterocycles. The third-order valence-electron chi connectivity index (χ3n) is 4.10. The van der Waals surface area contributed by atoms with E-state index in [9.17, 15) is 4.79 Å². The summed E-state index contributed by atoms with van der Waals surface area (Å²) in [7, 11) is 1.77. The molecule has 1 unspecified atom stereocenters. The molecule has 140 valence electrons. The molecule has 1 saturated heterocycles. The average Bonchev–Trinajstić information content (AvgIpc) is 3.14. The van der Waals surface area contributed by atoms with E-state index in [0.29, 0.717) is 0 Å². The smallest absolute Gasteiger partial charge is 0.250 e. The van der Waals surface area contributed by atoms with E-state index in [1.807, 2.05) is 12.3 Å². The minimum atomic E-state index is 0.0549. The number of unbranched alkanes of at least 4 members (excludes halogenated alkanes) is 1. The van der Waals surface area contributed by atoms with Crippen molar-refractivity contribution in [1.29, 1.82) is 0 Å². The molecule has 0 amide bonds. The average molecular weight is 350 g/mol. The van der Waals surface area contributed by atoms with Crippen LogP contribution >= 0.6 is 0 Å². The maximum Gasteiger partial charge on any atom is 0.250 e. The summed E-state index contributed by atoms with van der Waals surface area (Å²) >= 11 is 0. The van der Waals surface area contributed by atoms with Crippen LogP contribution in [-0.4, -0.2) is 56.6 Å². The molecule has 0 spiro atoms. The number of aromatic nitrogens is 1. The van der Waals surface area contributed by atoms with Crippen LogP contribution in [0.5, 0.6) is 0 Å². The Balaban J connectivity index is 1.48. The molecule has 7 nitrogen and oxygen atoms in total. The Kier molecular flexibility index (Phi) is 9.07. The predicted octanol–water partition coefficient (Wildman–Crippen LogP) is 0.989. The van der Waals surface area contributed by atoms with Crippen LogP contribution in [0.1, 0.15) is 25.7 Å². The summed E-state index contributed by atoms with van der Waals surface area (Å²) in [5.74, 6) is 0.807. The number of aryl methyl sites for hydroxylation is 1. The molecule has 0 bridgehead atoms. The maximum absolute atomic E-state index is 11.6. The lowest BCUT2D eigenvalue weighted by Crippen LogP contribution is -2.38. The molecule has 0 aliphatic carbocycles. The Morgan fingerprint density at radius 1 is 1.32 bits per heavy atom. The van der Waals surface area contributed by atoms with Crippen molar-refractivity contribution in [2.45, 2.75) is 38.3 Å². The summed E-state index contributed by atoms with van der Waals surface area (Å²) in [4.78, 5) is 15.8. The van der Waals surface area contributed by atoms with Gasteiger partial charge in [-0.25, -0.2) is 0 Å². The van der Waals surface area contributed by atoms with Gasteiger partial charge in [0, 0.05) is 52.2 Å². The minimum absolute atomic E-state index is 0.0549. The first-order valence-corrected chi connectivity index (χ1v) is 9.09. The number of nitrogens with zero attached hydrogens (tertiary/aromatic N) is 2. The SMILES string of the molecule is CN=C(NCCCCn1ccccc1=O)NCCCOC1CCOC1. The van der Waals surface area contributed by atoms with E-state index >= 15 is 0 Å². The second-order valence-electron chi connectivity index (χ2n) is 6.08. The van der Waals surface area contributed by atoms with E-state index in [4.69, 9.17) is 9.47 Å². The Bertz CT molecular complexity index is 567. The summed E-state index contributed by atoms with van der Waals surface area (Å²) in [6, 6.07) is 5.24. The van der Waals surface area contributed by atoms with Gasteiger partial charge in [0.2, 0.25) is 5.56 Å². The molecule has 1 aliphatic rings. The molecular weight excluding hydrogens is 320 g/mol. The molecular formula is C18H30N4O3. The van der Waals surface area contributed by atoms with Crippen molar-refractivity contribution >= 4 is 5.96 Å². The lowest BCUT2D eigenvalue weighted by Gasteiger charge is -2.13. The third-order valence-corrected chi connectivity index (χ3v) is 4.10. The van der Waals surface area contributed by atoms with Crippen LogP contribution < -0.4 is 16.2 Å². The topological polar surface area (TPSA) is 76.9 Å². The fraction of sp³-hybridized carbons (Fsp3) is 0.667. The minimum Gasteiger partial charge on any atom is -0.379 e. The fourth-order valence-corrected chi connectivity index (χ4v) is 2.65. The molecule has 25 heavy (non-hydrogen) atoms. The predicted molar refractivity (Wildman–Crippen MR) is 99.1 cm³/mol. The Morgan fingerprint density at radius 3 is 2.88 bits per heavy atom. The first kappa shape index (κ1) is 19.5. The van der Waals surface area contributed by atoms with Gasteiger partial charge in [-0.1, -0.05) is 6.07 Å². The van der Waals surface area contributed by atoms with E-state index in [-0.39, 0.29) is 11.7 Å². The van der Waals surface area contributed by atoms with Gasteiger partial charge in [-0.3, -0.25) is 9.79 Å². The third kappa shape index (κ3) is 7.70. The monoisotopic (exact) mass is 350 g/mol. The number of guanidine groups is 1. The van der Waals surface area contributed by atoms with Gasteiger partial charge < -0.3 is 24.7 Å². The van der Waals surface area contributed by atoms with E-state index in [1.54, 1.807) is 23.7 Å². The highest BCUT2D eigenvalue weighted by molar-refractivity contribution is 5.79. The molecule has 1 fully saturated rings. The van der Waals surface area contributed by atoms with Crippen LogP contribution in [0.4, 0.5) is 0 Å². The quantitative estimate of drug-likeness (QED) is 0.374. The first-order chi connectivity index (χ1) is 12.3. The number of pyridine rings is 1. The number of hydrogen-bond acceptors (Lipinski definition) is 4. The Hall–Kier alpha value is -1.86. The van der Waals surface area contributed by atoms with Crippen molar-refractivity contribution in [3.8, 4) is 0 Å². The zero-order chi connectivity index (χ0) is 17.7. The highest BCUT2D eigenvalue weighted by atomic mass is 16.5. The van der Waals surface area contributed by atoms with Gasteiger partial charge in [0.1, 0.15) is 0 Å². The van der Waals surface area contributed by atoms with Crippen LogP contribution in [0.25, 0.3) is 0 Å². The van der Waals surface area contributed by atoms with Crippen molar-refractivity contribution in [3.63, 3.8) is 0 Å². The maximum atomic E-state index is 11.6. The first-order valence-electron chi connectivity index (χ1n) is 9.09. The lowest BCUT2D eigenvalue weighted by atomic mass is 10.3. The number of nitrogens with one attached hydrogen (secondary N) is 2. The molecule has 1 atom stereocenters. The van der Waals surface area contributed by atoms with Gasteiger partial charge in [-0.2, -0.15) is 0 Å². The number of rotatable bonds is 10. The van der Waals surface area contributed by atoms with Crippen LogP contribution in [0.3, 0.4) is 0 Å². The number of ether oxygens (including phenoxy) is 2. The zero-order valence-electron chi connectivity index (χ0n) is 15.1. The van der Waals surface area contributed by atoms with Gasteiger partial charge in [0.05, 0.1) is 12.7 Å². The largest absolute Gasteiger partial charge is 0.379 e. The van der Waals surface area contributed by atoms with Gasteiger partial charge >= 0.3 is 0 Å². The van der Waals surface area contributed by atoms with Gasteiger partial charge in [0.25, 0.3) is 0 Å².